The number of fused-ring (bicyclic) bond motifs is 1. The second-order valence-electron chi connectivity index (χ2n) is 8.86. The number of nitrogens with zero attached hydrogens (tertiary/aromatic N) is 3. The van der Waals surface area contributed by atoms with Crippen molar-refractivity contribution in [2.45, 2.75) is 13.5 Å². The summed E-state index contributed by atoms with van der Waals surface area (Å²) in [5.74, 6) is 0.324. The summed E-state index contributed by atoms with van der Waals surface area (Å²) in [6.45, 7) is 1.83. The molecular weight excluding hydrogens is 484 g/mol. The number of anilines is 2. The number of carbonyl (C=O) groups is 2. The molecule has 0 spiro atoms. The second kappa shape index (κ2) is 10.0. The van der Waals surface area contributed by atoms with Gasteiger partial charge in [0.25, 0.3) is 11.6 Å². The lowest BCUT2D eigenvalue weighted by atomic mass is 9.98. The molecule has 1 aromatic heterocycles. The molecule has 0 atom stereocenters. The minimum Gasteiger partial charge on any atom is -0.354 e. The molecule has 10 nitrogen and oxygen atoms in total. The molecule has 190 valence electrons. The first-order valence-electron chi connectivity index (χ1n) is 11.8. The maximum atomic E-state index is 13.2. The van der Waals surface area contributed by atoms with Crippen molar-refractivity contribution in [1.29, 1.82) is 0 Å². The van der Waals surface area contributed by atoms with E-state index in [9.17, 15) is 19.7 Å². The fourth-order valence-corrected chi connectivity index (χ4v) is 4.30. The quantitative estimate of drug-likeness (QED) is 0.190. The summed E-state index contributed by atoms with van der Waals surface area (Å²) in [5, 5.41) is 20.4. The third kappa shape index (κ3) is 4.87. The summed E-state index contributed by atoms with van der Waals surface area (Å²) in [5.41, 5.74) is 4.87. The van der Waals surface area contributed by atoms with Gasteiger partial charge in [0.05, 0.1) is 16.2 Å². The number of hydrogen-bond acceptors (Lipinski definition) is 6. The van der Waals surface area contributed by atoms with Gasteiger partial charge in [-0.25, -0.2) is 4.98 Å². The topological polar surface area (TPSA) is 131 Å². The van der Waals surface area contributed by atoms with Crippen molar-refractivity contribution in [2.24, 2.45) is 7.05 Å². The minimum atomic E-state index is -0.485. The predicted octanol–water partition coefficient (Wildman–Crippen LogP) is 4.56. The Kier molecular flexibility index (Phi) is 6.44. The average molecular weight is 509 g/mol. The molecular formula is C28H24N6O4. The van der Waals surface area contributed by atoms with Crippen molar-refractivity contribution >= 4 is 40.1 Å². The number of aryl methyl sites for hydroxylation is 1. The lowest BCUT2D eigenvalue weighted by Crippen LogP contribution is -2.18. The van der Waals surface area contributed by atoms with Crippen LogP contribution in [-0.4, -0.2) is 26.3 Å². The third-order valence-corrected chi connectivity index (χ3v) is 6.23. The molecule has 10 heteroatoms. The van der Waals surface area contributed by atoms with E-state index in [1.807, 2.05) is 66.3 Å². The number of rotatable bonds is 7. The predicted molar refractivity (Wildman–Crippen MR) is 145 cm³/mol. The summed E-state index contributed by atoms with van der Waals surface area (Å²) in [4.78, 5) is 39.8. The highest BCUT2D eigenvalue weighted by molar-refractivity contribution is 6.37. The molecule has 0 unspecified atom stereocenters. The molecule has 2 amide bonds. The number of nitro groups is 1. The molecule has 2 heterocycles. The number of benzene rings is 3. The summed E-state index contributed by atoms with van der Waals surface area (Å²) >= 11 is 0. The van der Waals surface area contributed by atoms with Gasteiger partial charge in [0.2, 0.25) is 5.91 Å². The highest BCUT2D eigenvalue weighted by Gasteiger charge is 2.30. The van der Waals surface area contributed by atoms with Gasteiger partial charge in [-0.1, -0.05) is 24.3 Å². The van der Waals surface area contributed by atoms with Crippen LogP contribution in [0.5, 0.6) is 0 Å². The first-order valence-corrected chi connectivity index (χ1v) is 11.8. The zero-order valence-corrected chi connectivity index (χ0v) is 20.7. The maximum absolute atomic E-state index is 13.2. The average Bonchev–Trinajstić information content (AvgIpc) is 3.48. The Balaban J connectivity index is 1.58. The van der Waals surface area contributed by atoms with E-state index in [1.165, 1.54) is 25.1 Å². The van der Waals surface area contributed by atoms with Gasteiger partial charge in [-0.2, -0.15) is 0 Å². The molecule has 4 aromatic rings. The van der Waals surface area contributed by atoms with E-state index in [-0.39, 0.29) is 17.5 Å². The molecule has 3 N–H and O–H groups in total. The summed E-state index contributed by atoms with van der Waals surface area (Å²) < 4.78 is 1.92. The number of nitrogens with one attached hydrogen (secondary N) is 3. The number of nitro benzene ring substituents is 1. The molecule has 38 heavy (non-hydrogen) atoms. The zero-order chi connectivity index (χ0) is 26.8. The van der Waals surface area contributed by atoms with Crippen molar-refractivity contribution in [1.82, 2.24) is 14.9 Å². The van der Waals surface area contributed by atoms with E-state index in [1.54, 1.807) is 6.20 Å². The SMILES string of the molecule is CC(=O)NCc1ccc(C(Nc2ccc(-c3nccn3C)cc2)=C2C(=O)Nc3ccc([N+](=O)[O-])cc32)cc1. The maximum Gasteiger partial charge on any atom is 0.270 e. The monoisotopic (exact) mass is 508 g/mol. The smallest absolute Gasteiger partial charge is 0.270 e. The Labute approximate surface area is 218 Å². The van der Waals surface area contributed by atoms with Crippen molar-refractivity contribution < 1.29 is 14.5 Å². The van der Waals surface area contributed by atoms with E-state index < -0.39 is 4.92 Å². The van der Waals surface area contributed by atoms with Gasteiger partial charge in [-0.15, -0.1) is 0 Å². The Hall–Kier alpha value is -5.25. The van der Waals surface area contributed by atoms with Crippen molar-refractivity contribution in [2.75, 3.05) is 10.6 Å². The van der Waals surface area contributed by atoms with E-state index in [0.717, 1.165) is 22.6 Å². The standard InChI is InChI=1S/C28H24N6O4/c1-17(35)30-16-18-3-5-19(6-4-18)26(25-23-15-22(34(37)38)11-12-24(23)32-28(25)36)31-21-9-7-20(8-10-21)27-29-13-14-33(27)2/h3-15,31H,16H2,1-2H3,(H,30,35)(H,32,36). The van der Waals surface area contributed by atoms with Gasteiger partial charge in [0.1, 0.15) is 5.82 Å². The van der Waals surface area contributed by atoms with Crippen molar-refractivity contribution in [3.8, 4) is 11.4 Å². The van der Waals surface area contributed by atoms with E-state index in [4.69, 9.17) is 0 Å². The van der Waals surface area contributed by atoms with Crippen molar-refractivity contribution in [3.63, 3.8) is 0 Å². The van der Waals surface area contributed by atoms with Gasteiger partial charge >= 0.3 is 0 Å². The third-order valence-electron chi connectivity index (χ3n) is 6.23. The van der Waals surface area contributed by atoms with Crippen LogP contribution in [0.25, 0.3) is 22.7 Å². The summed E-state index contributed by atoms with van der Waals surface area (Å²) in [6.07, 6.45) is 3.60. The van der Waals surface area contributed by atoms with Crippen LogP contribution >= 0.6 is 0 Å². The number of amides is 2. The molecule has 0 radical (unpaired) electrons. The molecule has 0 saturated carbocycles. The van der Waals surface area contributed by atoms with Crippen molar-refractivity contribution in [3.05, 3.63) is 106 Å². The highest BCUT2D eigenvalue weighted by atomic mass is 16.6. The van der Waals surface area contributed by atoms with E-state index in [0.29, 0.717) is 34.6 Å². The van der Waals surface area contributed by atoms with Gasteiger partial charge < -0.3 is 20.5 Å². The number of carbonyl (C=O) groups excluding carboxylic acids is 2. The van der Waals surface area contributed by atoms with Crippen LogP contribution in [0, 0.1) is 10.1 Å². The lowest BCUT2D eigenvalue weighted by Gasteiger charge is -2.16. The van der Waals surface area contributed by atoms with E-state index >= 15 is 0 Å². The summed E-state index contributed by atoms with van der Waals surface area (Å²) in [6, 6.07) is 19.3. The normalized spacial score (nSPS) is 13.5. The molecule has 0 saturated heterocycles. The van der Waals surface area contributed by atoms with Crippen LogP contribution in [-0.2, 0) is 23.2 Å². The Morgan fingerprint density at radius 2 is 1.82 bits per heavy atom. The fourth-order valence-electron chi connectivity index (χ4n) is 4.30. The van der Waals surface area contributed by atoms with E-state index in [2.05, 4.69) is 20.9 Å². The number of hydrogen-bond donors (Lipinski definition) is 3. The second-order valence-corrected chi connectivity index (χ2v) is 8.86. The van der Waals surface area contributed by atoms with Crippen LogP contribution in [0.15, 0.2) is 79.1 Å². The van der Waals surface area contributed by atoms with Crippen LogP contribution in [0.4, 0.5) is 17.1 Å². The zero-order valence-electron chi connectivity index (χ0n) is 20.7. The molecule has 0 fully saturated rings. The number of imidazole rings is 1. The number of non-ortho nitro benzene ring substituents is 1. The molecule has 0 aliphatic carbocycles. The largest absolute Gasteiger partial charge is 0.354 e. The van der Waals surface area contributed by atoms with Crippen LogP contribution < -0.4 is 16.0 Å². The Morgan fingerprint density at radius 3 is 2.45 bits per heavy atom. The fraction of sp³-hybridized carbons (Fsp3) is 0.107. The molecule has 1 aliphatic heterocycles. The lowest BCUT2D eigenvalue weighted by molar-refractivity contribution is -0.384. The molecule has 5 rings (SSSR count). The van der Waals surface area contributed by atoms with Crippen LogP contribution in [0.2, 0.25) is 0 Å². The van der Waals surface area contributed by atoms with Gasteiger partial charge in [-0.3, -0.25) is 19.7 Å². The van der Waals surface area contributed by atoms with Gasteiger partial charge in [0.15, 0.2) is 0 Å². The molecule has 1 aliphatic rings. The van der Waals surface area contributed by atoms with Gasteiger partial charge in [-0.05, 0) is 41.5 Å². The number of aromatic nitrogens is 2. The van der Waals surface area contributed by atoms with Crippen LogP contribution in [0.3, 0.4) is 0 Å². The Morgan fingerprint density at radius 1 is 1.08 bits per heavy atom. The summed E-state index contributed by atoms with van der Waals surface area (Å²) in [7, 11) is 1.92. The van der Waals surface area contributed by atoms with Crippen LogP contribution in [0.1, 0.15) is 23.6 Å². The first kappa shape index (κ1) is 24.4. The molecule has 0 bridgehead atoms. The first-order chi connectivity index (χ1) is 18.3. The highest BCUT2D eigenvalue weighted by Crippen LogP contribution is 2.39. The molecule has 3 aromatic carbocycles. The Bertz CT molecular complexity index is 1590. The van der Waals surface area contributed by atoms with Gasteiger partial charge in [0, 0.05) is 67.5 Å². The minimum absolute atomic E-state index is 0.109.